The van der Waals surface area contributed by atoms with Gasteiger partial charge in [-0.15, -0.1) is 0 Å². The Morgan fingerprint density at radius 2 is 1.92 bits per heavy atom. The van der Waals surface area contributed by atoms with Crippen LogP contribution in [-0.4, -0.2) is 36.5 Å². The van der Waals surface area contributed by atoms with Gasteiger partial charge in [-0.05, 0) is 64.0 Å². The molecule has 1 fully saturated rings. The van der Waals surface area contributed by atoms with Gasteiger partial charge in [0.2, 0.25) is 5.91 Å². The Bertz CT molecular complexity index is 676. The summed E-state index contributed by atoms with van der Waals surface area (Å²) in [5.41, 5.74) is 2.03. The first-order chi connectivity index (χ1) is 12.6. The van der Waals surface area contributed by atoms with Crippen LogP contribution in [0.2, 0.25) is 0 Å². The predicted molar refractivity (Wildman–Crippen MR) is 104 cm³/mol. The van der Waals surface area contributed by atoms with E-state index in [2.05, 4.69) is 22.5 Å². The van der Waals surface area contributed by atoms with E-state index in [-0.39, 0.29) is 18.0 Å². The molecule has 5 heteroatoms. The maximum Gasteiger partial charge on any atom is 0.225 e. The normalized spacial score (nSPS) is 17.2. The summed E-state index contributed by atoms with van der Waals surface area (Å²) in [4.78, 5) is 14.7. The number of anilines is 1. The average Bonchev–Trinajstić information content (AvgIpc) is 3.31. The van der Waals surface area contributed by atoms with E-state index in [0.717, 1.165) is 31.1 Å². The number of amides is 1. The second-order valence-corrected chi connectivity index (χ2v) is 7.20. The molecule has 0 saturated carbocycles. The zero-order valence-corrected chi connectivity index (χ0v) is 15.7. The first-order valence-corrected chi connectivity index (χ1v) is 9.49. The minimum absolute atomic E-state index is 0.0320. The fourth-order valence-electron chi connectivity index (χ4n) is 3.46. The highest BCUT2D eigenvalue weighted by Gasteiger charge is 2.25. The third kappa shape index (κ3) is 5.19. The van der Waals surface area contributed by atoms with Gasteiger partial charge in [0, 0.05) is 24.7 Å². The van der Waals surface area contributed by atoms with Crippen molar-refractivity contribution in [2.24, 2.45) is 0 Å². The number of hydrogen-bond donors (Lipinski definition) is 2. The van der Waals surface area contributed by atoms with Crippen molar-refractivity contribution in [2.45, 2.75) is 45.2 Å². The zero-order chi connectivity index (χ0) is 18.4. The van der Waals surface area contributed by atoms with Crippen LogP contribution in [-0.2, 0) is 4.79 Å². The molecule has 1 amide bonds. The molecule has 2 N–H and O–H groups in total. The van der Waals surface area contributed by atoms with Gasteiger partial charge in [-0.1, -0.05) is 17.7 Å². The summed E-state index contributed by atoms with van der Waals surface area (Å²) < 4.78 is 5.65. The van der Waals surface area contributed by atoms with E-state index in [9.17, 15) is 4.79 Å². The Balaban J connectivity index is 1.49. The summed E-state index contributed by atoms with van der Waals surface area (Å²) in [6.07, 6.45) is 4.66. The molecule has 1 aliphatic heterocycles. The number of likely N-dealkylation sites (tertiary alicyclic amines) is 1. The lowest BCUT2D eigenvalue weighted by atomic mass is 10.1. The average molecular weight is 355 g/mol. The summed E-state index contributed by atoms with van der Waals surface area (Å²) in [6.45, 7) is 7.09. The van der Waals surface area contributed by atoms with E-state index in [1.54, 1.807) is 6.26 Å². The molecule has 2 aromatic rings. The van der Waals surface area contributed by atoms with Crippen molar-refractivity contribution in [1.82, 2.24) is 10.2 Å². The van der Waals surface area contributed by atoms with Crippen molar-refractivity contribution in [3.05, 3.63) is 54.0 Å². The maximum atomic E-state index is 12.3. The van der Waals surface area contributed by atoms with Crippen molar-refractivity contribution >= 4 is 11.6 Å². The Labute approximate surface area is 155 Å². The quantitative estimate of drug-likeness (QED) is 0.757. The second kappa shape index (κ2) is 9.01. The molecule has 2 heterocycles. The molecule has 2 atom stereocenters. The molecule has 1 aromatic carbocycles. The fraction of sp³-hybridized carbons (Fsp3) is 0.476. The number of nitrogens with one attached hydrogen (secondary N) is 2. The molecule has 1 aliphatic rings. The highest BCUT2D eigenvalue weighted by molar-refractivity contribution is 5.91. The molecule has 1 aromatic heterocycles. The Morgan fingerprint density at radius 1 is 1.19 bits per heavy atom. The number of furan rings is 1. The SMILES string of the molecule is Cc1ccc(NC(=O)C[C@H](C)NC[C@@H](c2ccco2)N2CCCC2)cc1. The number of aryl methyl sites for hydroxylation is 1. The molecule has 0 spiro atoms. The van der Waals surface area contributed by atoms with Crippen LogP contribution in [0.3, 0.4) is 0 Å². The number of hydrogen-bond acceptors (Lipinski definition) is 4. The smallest absolute Gasteiger partial charge is 0.225 e. The summed E-state index contributed by atoms with van der Waals surface area (Å²) in [5, 5.41) is 6.47. The molecule has 26 heavy (non-hydrogen) atoms. The van der Waals surface area contributed by atoms with Gasteiger partial charge in [-0.2, -0.15) is 0 Å². The van der Waals surface area contributed by atoms with Crippen LogP contribution in [0.5, 0.6) is 0 Å². The highest BCUT2D eigenvalue weighted by atomic mass is 16.3. The largest absolute Gasteiger partial charge is 0.468 e. The lowest BCUT2D eigenvalue weighted by Gasteiger charge is -2.27. The summed E-state index contributed by atoms with van der Waals surface area (Å²) in [5.74, 6) is 1.03. The van der Waals surface area contributed by atoms with Crippen molar-refractivity contribution < 1.29 is 9.21 Å². The topological polar surface area (TPSA) is 57.5 Å². The van der Waals surface area contributed by atoms with Gasteiger partial charge in [0.25, 0.3) is 0 Å². The van der Waals surface area contributed by atoms with Crippen LogP contribution in [0.25, 0.3) is 0 Å². The van der Waals surface area contributed by atoms with Crippen LogP contribution >= 0.6 is 0 Å². The minimum Gasteiger partial charge on any atom is -0.468 e. The van der Waals surface area contributed by atoms with Gasteiger partial charge < -0.3 is 15.1 Å². The number of carbonyl (C=O) groups excluding carboxylic acids is 1. The monoisotopic (exact) mass is 355 g/mol. The van der Waals surface area contributed by atoms with E-state index in [4.69, 9.17) is 4.42 Å². The first-order valence-electron chi connectivity index (χ1n) is 9.49. The maximum absolute atomic E-state index is 12.3. The predicted octanol–water partition coefficient (Wildman–Crippen LogP) is 3.73. The number of carbonyl (C=O) groups is 1. The van der Waals surface area contributed by atoms with Crippen LogP contribution < -0.4 is 10.6 Å². The van der Waals surface area contributed by atoms with Gasteiger partial charge in [0.1, 0.15) is 5.76 Å². The second-order valence-electron chi connectivity index (χ2n) is 7.20. The van der Waals surface area contributed by atoms with Crippen LogP contribution in [0, 0.1) is 6.92 Å². The van der Waals surface area contributed by atoms with E-state index in [0.29, 0.717) is 6.42 Å². The van der Waals surface area contributed by atoms with Crippen molar-refractivity contribution in [1.29, 1.82) is 0 Å². The van der Waals surface area contributed by atoms with Crippen LogP contribution in [0.4, 0.5) is 5.69 Å². The standard InChI is InChI=1S/C21H29N3O2/c1-16-7-9-18(10-8-16)23-21(25)14-17(2)22-15-19(20-6-5-13-26-20)24-11-3-4-12-24/h5-10,13,17,19,22H,3-4,11-12,14-15H2,1-2H3,(H,23,25)/t17-,19-/m0/s1. The van der Waals surface area contributed by atoms with Crippen molar-refractivity contribution in [2.75, 3.05) is 25.0 Å². The van der Waals surface area contributed by atoms with Gasteiger partial charge >= 0.3 is 0 Å². The summed E-state index contributed by atoms with van der Waals surface area (Å²) >= 11 is 0. The highest BCUT2D eigenvalue weighted by Crippen LogP contribution is 2.25. The molecule has 3 rings (SSSR count). The van der Waals surface area contributed by atoms with Gasteiger partial charge in [-0.25, -0.2) is 0 Å². The lowest BCUT2D eigenvalue weighted by Crippen LogP contribution is -2.39. The number of nitrogens with zero attached hydrogens (tertiary/aromatic N) is 1. The zero-order valence-electron chi connectivity index (χ0n) is 15.7. The molecule has 0 aliphatic carbocycles. The number of benzene rings is 1. The third-order valence-electron chi connectivity index (χ3n) is 4.94. The molecule has 0 bridgehead atoms. The van der Waals surface area contributed by atoms with E-state index in [1.807, 2.05) is 43.3 Å². The van der Waals surface area contributed by atoms with E-state index < -0.39 is 0 Å². The van der Waals surface area contributed by atoms with Gasteiger partial charge in [-0.3, -0.25) is 9.69 Å². The molecular formula is C21H29N3O2. The van der Waals surface area contributed by atoms with Crippen LogP contribution in [0.1, 0.15) is 43.6 Å². The first kappa shape index (κ1) is 18.7. The third-order valence-corrected chi connectivity index (χ3v) is 4.94. The van der Waals surface area contributed by atoms with Crippen molar-refractivity contribution in [3.63, 3.8) is 0 Å². The molecular weight excluding hydrogens is 326 g/mol. The number of rotatable bonds is 8. The fourth-order valence-corrected chi connectivity index (χ4v) is 3.46. The van der Waals surface area contributed by atoms with E-state index >= 15 is 0 Å². The van der Waals surface area contributed by atoms with Gasteiger partial charge in [0.05, 0.1) is 12.3 Å². The van der Waals surface area contributed by atoms with E-state index in [1.165, 1.54) is 18.4 Å². The Morgan fingerprint density at radius 3 is 2.58 bits per heavy atom. The molecule has 5 nitrogen and oxygen atoms in total. The van der Waals surface area contributed by atoms with Crippen molar-refractivity contribution in [3.8, 4) is 0 Å². The van der Waals surface area contributed by atoms with Gasteiger partial charge in [0.15, 0.2) is 0 Å². The lowest BCUT2D eigenvalue weighted by molar-refractivity contribution is -0.116. The molecule has 0 radical (unpaired) electrons. The van der Waals surface area contributed by atoms with Crippen LogP contribution in [0.15, 0.2) is 47.1 Å². The Kier molecular flexibility index (Phi) is 6.47. The summed E-state index contributed by atoms with van der Waals surface area (Å²) in [6, 6.07) is 12.2. The minimum atomic E-state index is 0.0320. The summed E-state index contributed by atoms with van der Waals surface area (Å²) in [7, 11) is 0. The molecule has 1 saturated heterocycles. The Hall–Kier alpha value is -2.11. The molecule has 140 valence electrons. The molecule has 0 unspecified atom stereocenters.